The van der Waals surface area contributed by atoms with Gasteiger partial charge < -0.3 is 15.2 Å². The van der Waals surface area contributed by atoms with Gasteiger partial charge in [-0.25, -0.2) is 9.78 Å². The van der Waals surface area contributed by atoms with Crippen LogP contribution in [0.1, 0.15) is 12.0 Å². The van der Waals surface area contributed by atoms with Crippen LogP contribution in [0.4, 0.5) is 10.5 Å². The third-order valence-corrected chi connectivity index (χ3v) is 2.72. The van der Waals surface area contributed by atoms with E-state index >= 15 is 0 Å². The van der Waals surface area contributed by atoms with Crippen LogP contribution in [0.2, 0.25) is 0 Å². The van der Waals surface area contributed by atoms with Gasteiger partial charge in [-0.15, -0.1) is 6.42 Å². The molecule has 0 fully saturated rings. The third-order valence-electron chi connectivity index (χ3n) is 2.72. The lowest BCUT2D eigenvalue weighted by atomic mass is 10.2. The molecular weight excluding hydrogens is 252 g/mol. The molecule has 0 unspecified atom stereocenters. The van der Waals surface area contributed by atoms with E-state index in [-0.39, 0.29) is 6.03 Å². The number of carbonyl (C=O) groups is 1. The lowest BCUT2D eigenvalue weighted by molar-refractivity contribution is 0.252. The Labute approximate surface area is 118 Å². The molecule has 2 aromatic rings. The first-order valence-electron chi connectivity index (χ1n) is 6.35. The fourth-order valence-electron chi connectivity index (χ4n) is 1.74. The normalized spacial score (nSPS) is 9.75. The molecular formula is C15H16N4O. The van der Waals surface area contributed by atoms with Crippen LogP contribution in [0.3, 0.4) is 0 Å². The monoisotopic (exact) mass is 268 g/mol. The Hall–Kier alpha value is -2.74. The van der Waals surface area contributed by atoms with Crippen molar-refractivity contribution in [1.29, 1.82) is 0 Å². The van der Waals surface area contributed by atoms with Crippen molar-refractivity contribution in [3.63, 3.8) is 0 Å². The summed E-state index contributed by atoms with van der Waals surface area (Å²) < 4.78 is 1.97. The number of aryl methyl sites for hydroxylation is 1. The minimum absolute atomic E-state index is 0.232. The number of anilines is 1. The first-order chi connectivity index (χ1) is 9.78. The molecule has 0 aliphatic carbocycles. The van der Waals surface area contributed by atoms with E-state index in [0.717, 1.165) is 18.5 Å². The summed E-state index contributed by atoms with van der Waals surface area (Å²) in [4.78, 5) is 15.6. The Kier molecular flexibility index (Phi) is 4.79. The van der Waals surface area contributed by atoms with Gasteiger partial charge in [-0.3, -0.25) is 0 Å². The molecule has 5 nitrogen and oxygen atoms in total. The Balaban J connectivity index is 1.71. The van der Waals surface area contributed by atoms with Gasteiger partial charge in [0.05, 0.1) is 6.33 Å². The summed E-state index contributed by atoms with van der Waals surface area (Å²) in [5.74, 6) is 2.53. The van der Waals surface area contributed by atoms with E-state index < -0.39 is 0 Å². The molecule has 2 amide bonds. The van der Waals surface area contributed by atoms with E-state index in [9.17, 15) is 4.79 Å². The molecule has 0 bridgehead atoms. The minimum atomic E-state index is -0.232. The van der Waals surface area contributed by atoms with Gasteiger partial charge in [0, 0.05) is 36.7 Å². The largest absolute Gasteiger partial charge is 0.338 e. The first kappa shape index (κ1) is 13.7. The molecule has 0 aliphatic rings. The summed E-state index contributed by atoms with van der Waals surface area (Å²) >= 11 is 0. The highest BCUT2D eigenvalue weighted by molar-refractivity contribution is 5.89. The number of nitrogens with one attached hydrogen (secondary N) is 2. The molecule has 20 heavy (non-hydrogen) atoms. The average Bonchev–Trinajstić information content (AvgIpc) is 2.97. The molecule has 1 aromatic carbocycles. The Morgan fingerprint density at radius 1 is 1.45 bits per heavy atom. The van der Waals surface area contributed by atoms with Crippen molar-refractivity contribution in [3.8, 4) is 12.3 Å². The van der Waals surface area contributed by atoms with Crippen LogP contribution in [-0.4, -0.2) is 22.1 Å². The van der Waals surface area contributed by atoms with Crippen LogP contribution in [0, 0.1) is 12.3 Å². The zero-order valence-electron chi connectivity index (χ0n) is 11.0. The number of aromatic nitrogens is 2. The Morgan fingerprint density at radius 3 is 3.10 bits per heavy atom. The van der Waals surface area contributed by atoms with Crippen LogP contribution >= 0.6 is 0 Å². The molecule has 102 valence electrons. The van der Waals surface area contributed by atoms with Gasteiger partial charge in [-0.2, -0.15) is 0 Å². The number of amides is 2. The Bertz CT molecular complexity index is 599. The smallest absolute Gasteiger partial charge is 0.319 e. The SMILES string of the molecule is C#Cc1cccc(NC(=O)NCCCn2ccnc2)c1. The summed E-state index contributed by atoms with van der Waals surface area (Å²) in [5, 5.41) is 5.54. The van der Waals surface area contributed by atoms with Crippen molar-refractivity contribution in [1.82, 2.24) is 14.9 Å². The highest BCUT2D eigenvalue weighted by atomic mass is 16.2. The molecule has 2 rings (SSSR count). The van der Waals surface area contributed by atoms with Crippen molar-refractivity contribution in [2.24, 2.45) is 0 Å². The lowest BCUT2D eigenvalue weighted by Crippen LogP contribution is -2.30. The van der Waals surface area contributed by atoms with Gasteiger partial charge in [-0.05, 0) is 24.6 Å². The molecule has 1 aromatic heterocycles. The Morgan fingerprint density at radius 2 is 2.35 bits per heavy atom. The van der Waals surface area contributed by atoms with E-state index in [1.807, 2.05) is 22.9 Å². The first-order valence-corrected chi connectivity index (χ1v) is 6.35. The number of imidazole rings is 1. The topological polar surface area (TPSA) is 59.0 Å². The number of hydrogen-bond acceptors (Lipinski definition) is 2. The maximum Gasteiger partial charge on any atom is 0.319 e. The predicted octanol–water partition coefficient (Wildman–Crippen LogP) is 2.08. The fraction of sp³-hybridized carbons (Fsp3) is 0.200. The molecule has 5 heteroatoms. The second-order valence-electron chi connectivity index (χ2n) is 4.26. The zero-order valence-corrected chi connectivity index (χ0v) is 11.0. The molecule has 0 saturated heterocycles. The van der Waals surface area contributed by atoms with E-state index in [0.29, 0.717) is 12.2 Å². The second-order valence-corrected chi connectivity index (χ2v) is 4.26. The summed E-state index contributed by atoms with van der Waals surface area (Å²) in [5.41, 5.74) is 1.43. The van der Waals surface area contributed by atoms with E-state index in [1.54, 1.807) is 24.7 Å². The third kappa shape index (κ3) is 4.18. The van der Waals surface area contributed by atoms with Crippen LogP contribution in [0.25, 0.3) is 0 Å². The van der Waals surface area contributed by atoms with Crippen molar-refractivity contribution in [3.05, 3.63) is 48.5 Å². The van der Waals surface area contributed by atoms with Gasteiger partial charge in [0.1, 0.15) is 0 Å². The minimum Gasteiger partial charge on any atom is -0.338 e. The van der Waals surface area contributed by atoms with Crippen LogP contribution in [-0.2, 0) is 6.54 Å². The van der Waals surface area contributed by atoms with Gasteiger partial charge >= 0.3 is 6.03 Å². The zero-order chi connectivity index (χ0) is 14.2. The predicted molar refractivity (Wildman–Crippen MR) is 78.2 cm³/mol. The van der Waals surface area contributed by atoms with Crippen molar-refractivity contribution < 1.29 is 4.79 Å². The summed E-state index contributed by atoms with van der Waals surface area (Å²) in [6.07, 6.45) is 11.5. The second kappa shape index (κ2) is 7.00. The highest BCUT2D eigenvalue weighted by Crippen LogP contribution is 2.09. The molecule has 0 atom stereocenters. The average molecular weight is 268 g/mol. The molecule has 1 heterocycles. The standard InChI is InChI=1S/C15H16N4O/c1-2-13-5-3-6-14(11-13)18-15(20)17-7-4-9-19-10-8-16-12-19/h1,3,5-6,8,10-12H,4,7,9H2,(H2,17,18,20). The molecule has 0 spiro atoms. The summed E-state index contributed by atoms with van der Waals surface area (Å²) in [6, 6.07) is 6.94. The van der Waals surface area contributed by atoms with Crippen molar-refractivity contribution in [2.45, 2.75) is 13.0 Å². The van der Waals surface area contributed by atoms with Gasteiger partial charge in [0.2, 0.25) is 0 Å². The van der Waals surface area contributed by atoms with Crippen LogP contribution in [0.5, 0.6) is 0 Å². The number of carbonyl (C=O) groups excluding carboxylic acids is 1. The maximum atomic E-state index is 11.7. The van der Waals surface area contributed by atoms with Gasteiger partial charge in [0.15, 0.2) is 0 Å². The number of hydrogen-bond donors (Lipinski definition) is 2. The van der Waals surface area contributed by atoms with Gasteiger partial charge in [0.25, 0.3) is 0 Å². The maximum absolute atomic E-state index is 11.7. The molecule has 0 saturated carbocycles. The molecule has 0 aliphatic heterocycles. The van der Waals surface area contributed by atoms with Gasteiger partial charge in [-0.1, -0.05) is 12.0 Å². The lowest BCUT2D eigenvalue weighted by Gasteiger charge is -2.08. The molecule has 0 radical (unpaired) electrons. The van der Waals surface area contributed by atoms with Crippen LogP contribution < -0.4 is 10.6 Å². The van der Waals surface area contributed by atoms with E-state index in [2.05, 4.69) is 21.5 Å². The van der Waals surface area contributed by atoms with Crippen molar-refractivity contribution >= 4 is 11.7 Å². The van der Waals surface area contributed by atoms with Crippen molar-refractivity contribution in [2.75, 3.05) is 11.9 Å². The fourth-order valence-corrected chi connectivity index (χ4v) is 1.74. The van der Waals surface area contributed by atoms with E-state index in [1.165, 1.54) is 0 Å². The van der Waals surface area contributed by atoms with Crippen LogP contribution in [0.15, 0.2) is 43.0 Å². The highest BCUT2D eigenvalue weighted by Gasteiger charge is 2.01. The summed E-state index contributed by atoms with van der Waals surface area (Å²) in [6.45, 7) is 1.42. The van der Waals surface area contributed by atoms with E-state index in [4.69, 9.17) is 6.42 Å². The number of terminal acetylenes is 1. The number of rotatable bonds is 5. The number of nitrogens with zero attached hydrogens (tertiary/aromatic N) is 2. The molecule has 2 N–H and O–H groups in total. The quantitative estimate of drug-likeness (QED) is 0.644. The summed E-state index contributed by atoms with van der Waals surface area (Å²) in [7, 11) is 0. The number of urea groups is 1. The number of benzene rings is 1.